The summed E-state index contributed by atoms with van der Waals surface area (Å²) in [6.45, 7) is 0. The number of rotatable bonds is 3. The predicted molar refractivity (Wildman–Crippen MR) is 91.9 cm³/mol. The van der Waals surface area contributed by atoms with Crippen LogP contribution in [-0.2, 0) is 0 Å². The highest BCUT2D eigenvalue weighted by Crippen LogP contribution is 2.38. The summed E-state index contributed by atoms with van der Waals surface area (Å²) in [5, 5.41) is 1.03. The van der Waals surface area contributed by atoms with Crippen molar-refractivity contribution in [2.45, 2.75) is 38.0 Å². The normalized spacial score (nSPS) is 15.7. The molecule has 0 radical (unpaired) electrons. The maximum atomic E-state index is 6.14. The fourth-order valence-corrected chi connectivity index (χ4v) is 3.44. The van der Waals surface area contributed by atoms with Crippen LogP contribution in [0.15, 0.2) is 54.9 Å². The zero-order valence-electron chi connectivity index (χ0n) is 13.1. The Morgan fingerprint density at radius 3 is 2.70 bits per heavy atom. The van der Waals surface area contributed by atoms with Crippen LogP contribution in [0.4, 0.5) is 0 Å². The SMILES string of the molecule is c1ccc(C2CCCCC2)c(Oc2ccc3cnccc3n2)c1. The van der Waals surface area contributed by atoms with Crippen molar-refractivity contribution in [3.8, 4) is 11.6 Å². The largest absolute Gasteiger partial charge is 0.439 e. The first-order chi connectivity index (χ1) is 11.4. The van der Waals surface area contributed by atoms with Crippen LogP contribution in [0.3, 0.4) is 0 Å². The van der Waals surface area contributed by atoms with Gasteiger partial charge >= 0.3 is 0 Å². The van der Waals surface area contributed by atoms with Gasteiger partial charge in [0.1, 0.15) is 5.75 Å². The lowest BCUT2D eigenvalue weighted by molar-refractivity contribution is 0.414. The summed E-state index contributed by atoms with van der Waals surface area (Å²) in [7, 11) is 0. The molecule has 0 unspecified atom stereocenters. The van der Waals surface area contributed by atoms with Crippen LogP contribution in [0, 0.1) is 0 Å². The molecule has 1 fully saturated rings. The van der Waals surface area contributed by atoms with Crippen LogP contribution in [0.1, 0.15) is 43.6 Å². The number of benzene rings is 1. The first-order valence-corrected chi connectivity index (χ1v) is 8.38. The lowest BCUT2D eigenvalue weighted by atomic mass is 9.84. The molecule has 0 saturated heterocycles. The van der Waals surface area contributed by atoms with Crippen molar-refractivity contribution in [2.24, 2.45) is 0 Å². The first-order valence-electron chi connectivity index (χ1n) is 8.38. The number of hydrogen-bond donors (Lipinski definition) is 0. The molecular formula is C20H20N2O. The van der Waals surface area contributed by atoms with E-state index in [0.29, 0.717) is 11.8 Å². The number of hydrogen-bond acceptors (Lipinski definition) is 3. The quantitative estimate of drug-likeness (QED) is 0.643. The van der Waals surface area contributed by atoms with Crippen molar-refractivity contribution in [3.05, 3.63) is 60.4 Å². The van der Waals surface area contributed by atoms with Gasteiger partial charge in [0.15, 0.2) is 0 Å². The highest BCUT2D eigenvalue weighted by Gasteiger charge is 2.19. The van der Waals surface area contributed by atoms with Crippen LogP contribution in [-0.4, -0.2) is 9.97 Å². The molecular weight excluding hydrogens is 284 g/mol. The van der Waals surface area contributed by atoms with E-state index in [1.165, 1.54) is 37.7 Å². The number of fused-ring (bicyclic) bond motifs is 1. The Balaban J connectivity index is 1.64. The van der Waals surface area contributed by atoms with Crippen molar-refractivity contribution < 1.29 is 4.74 Å². The second-order valence-corrected chi connectivity index (χ2v) is 6.19. The Labute approximate surface area is 136 Å². The first kappa shape index (κ1) is 14.2. The molecule has 1 aliphatic carbocycles. The zero-order valence-corrected chi connectivity index (χ0v) is 13.1. The second-order valence-electron chi connectivity index (χ2n) is 6.19. The fraction of sp³-hybridized carbons (Fsp3) is 0.300. The average Bonchev–Trinajstić information content (AvgIpc) is 2.63. The summed E-state index contributed by atoms with van der Waals surface area (Å²) in [4.78, 5) is 8.72. The highest BCUT2D eigenvalue weighted by atomic mass is 16.5. The molecule has 23 heavy (non-hydrogen) atoms. The van der Waals surface area contributed by atoms with Crippen molar-refractivity contribution in [3.63, 3.8) is 0 Å². The maximum absolute atomic E-state index is 6.14. The molecule has 2 aromatic heterocycles. The van der Waals surface area contributed by atoms with Crippen LogP contribution >= 0.6 is 0 Å². The van der Waals surface area contributed by atoms with Gasteiger partial charge in [-0.3, -0.25) is 4.98 Å². The standard InChI is InChI=1S/C20H20N2O/c1-2-6-15(7-3-1)17-8-4-5-9-19(17)23-20-11-10-16-14-21-13-12-18(16)22-20/h4-5,8-15H,1-3,6-7H2. The lowest BCUT2D eigenvalue weighted by Crippen LogP contribution is -2.06. The topological polar surface area (TPSA) is 35.0 Å². The predicted octanol–water partition coefficient (Wildman–Crippen LogP) is 5.47. The number of pyridine rings is 2. The van der Waals surface area contributed by atoms with Crippen LogP contribution in [0.2, 0.25) is 0 Å². The maximum Gasteiger partial charge on any atom is 0.219 e. The van der Waals surface area contributed by atoms with E-state index in [9.17, 15) is 0 Å². The van der Waals surface area contributed by atoms with Gasteiger partial charge in [0.05, 0.1) is 5.52 Å². The molecule has 3 aromatic rings. The zero-order chi connectivity index (χ0) is 15.5. The van der Waals surface area contributed by atoms with Gasteiger partial charge in [-0.15, -0.1) is 0 Å². The molecule has 0 amide bonds. The Morgan fingerprint density at radius 1 is 0.913 bits per heavy atom. The van der Waals surface area contributed by atoms with E-state index in [4.69, 9.17) is 4.74 Å². The Bertz CT molecular complexity index is 809. The highest BCUT2D eigenvalue weighted by molar-refractivity contribution is 5.77. The summed E-state index contributed by atoms with van der Waals surface area (Å²) in [6, 6.07) is 14.2. The molecule has 0 bridgehead atoms. The van der Waals surface area contributed by atoms with Crippen molar-refractivity contribution >= 4 is 10.9 Å². The van der Waals surface area contributed by atoms with E-state index in [1.54, 1.807) is 6.20 Å². The Kier molecular flexibility index (Phi) is 3.93. The van der Waals surface area contributed by atoms with Crippen molar-refractivity contribution in [1.82, 2.24) is 9.97 Å². The van der Waals surface area contributed by atoms with Gasteiger partial charge in [-0.05, 0) is 42.5 Å². The summed E-state index contributed by atoms with van der Waals surface area (Å²) >= 11 is 0. The summed E-state index contributed by atoms with van der Waals surface area (Å²) in [5.41, 5.74) is 2.23. The van der Waals surface area contributed by atoms with E-state index in [1.807, 2.05) is 30.5 Å². The van der Waals surface area contributed by atoms with Gasteiger partial charge in [-0.2, -0.15) is 0 Å². The molecule has 0 N–H and O–H groups in total. The number of para-hydroxylation sites is 1. The third-order valence-electron chi connectivity index (χ3n) is 4.64. The molecule has 1 aromatic carbocycles. The molecule has 0 atom stereocenters. The van der Waals surface area contributed by atoms with Gasteiger partial charge < -0.3 is 4.74 Å². The number of aromatic nitrogens is 2. The minimum atomic E-state index is 0.615. The van der Waals surface area contributed by atoms with Gasteiger partial charge in [-0.25, -0.2) is 4.98 Å². The molecule has 116 valence electrons. The van der Waals surface area contributed by atoms with E-state index in [-0.39, 0.29) is 0 Å². The Hall–Kier alpha value is -2.42. The molecule has 1 saturated carbocycles. The molecule has 2 heterocycles. The van der Waals surface area contributed by atoms with Gasteiger partial charge in [0.2, 0.25) is 5.88 Å². The van der Waals surface area contributed by atoms with Crippen molar-refractivity contribution in [1.29, 1.82) is 0 Å². The molecule has 3 nitrogen and oxygen atoms in total. The minimum absolute atomic E-state index is 0.615. The van der Waals surface area contributed by atoms with Gasteiger partial charge in [0.25, 0.3) is 0 Å². The van der Waals surface area contributed by atoms with E-state index >= 15 is 0 Å². The molecule has 0 aliphatic heterocycles. The van der Waals surface area contributed by atoms with Crippen LogP contribution in [0.25, 0.3) is 10.9 Å². The lowest BCUT2D eigenvalue weighted by Gasteiger charge is -2.23. The summed E-state index contributed by atoms with van der Waals surface area (Å²) in [5.74, 6) is 2.21. The molecule has 4 rings (SSSR count). The smallest absolute Gasteiger partial charge is 0.219 e. The van der Waals surface area contributed by atoms with Crippen molar-refractivity contribution in [2.75, 3.05) is 0 Å². The van der Waals surface area contributed by atoms with E-state index in [0.717, 1.165) is 16.7 Å². The van der Waals surface area contributed by atoms with Crippen LogP contribution < -0.4 is 4.74 Å². The molecule has 1 aliphatic rings. The van der Waals surface area contributed by atoms with Crippen LogP contribution in [0.5, 0.6) is 11.6 Å². The third-order valence-corrected chi connectivity index (χ3v) is 4.64. The second kappa shape index (κ2) is 6.37. The van der Waals surface area contributed by atoms with E-state index in [2.05, 4.69) is 28.2 Å². The molecule has 0 spiro atoms. The number of nitrogens with zero attached hydrogens (tertiary/aromatic N) is 2. The minimum Gasteiger partial charge on any atom is -0.439 e. The monoisotopic (exact) mass is 304 g/mol. The fourth-order valence-electron chi connectivity index (χ4n) is 3.44. The van der Waals surface area contributed by atoms with Gasteiger partial charge in [-0.1, -0.05) is 37.5 Å². The summed E-state index contributed by atoms with van der Waals surface area (Å²) in [6.07, 6.45) is 10.1. The third kappa shape index (κ3) is 3.04. The Morgan fingerprint density at radius 2 is 1.78 bits per heavy atom. The summed E-state index contributed by atoms with van der Waals surface area (Å²) < 4.78 is 6.14. The number of ether oxygens (including phenoxy) is 1. The van der Waals surface area contributed by atoms with Gasteiger partial charge in [0, 0.05) is 23.8 Å². The van der Waals surface area contributed by atoms with E-state index < -0.39 is 0 Å². The average molecular weight is 304 g/mol. The molecule has 3 heteroatoms.